The number of carbonyl (C=O) groups excluding carboxylic acids is 2. The molecule has 1 amide bonds. The van der Waals surface area contributed by atoms with Gasteiger partial charge in [-0.05, 0) is 31.2 Å². The monoisotopic (exact) mass is 335 g/mol. The molecule has 0 unspecified atom stereocenters. The van der Waals surface area contributed by atoms with Crippen molar-refractivity contribution in [2.24, 2.45) is 0 Å². The Morgan fingerprint density at radius 1 is 1.04 bits per heavy atom. The first kappa shape index (κ1) is 17.4. The van der Waals surface area contributed by atoms with Gasteiger partial charge in [-0.3, -0.25) is 4.79 Å². The number of para-hydroxylation sites is 2. The lowest BCUT2D eigenvalue weighted by Gasteiger charge is -2.15. The van der Waals surface area contributed by atoms with Crippen molar-refractivity contribution in [3.8, 4) is 5.75 Å². The Bertz CT molecular complexity index is 744. The van der Waals surface area contributed by atoms with Crippen LogP contribution < -0.4 is 10.1 Å². The van der Waals surface area contributed by atoms with Crippen molar-refractivity contribution >= 4 is 17.6 Å². The predicted octanol–water partition coefficient (Wildman–Crippen LogP) is 3.16. The van der Waals surface area contributed by atoms with Gasteiger partial charge in [-0.1, -0.05) is 18.2 Å². The minimum atomic E-state index is -1.26. The molecule has 24 heavy (non-hydrogen) atoms. The fourth-order valence-electron chi connectivity index (χ4n) is 1.95. The first-order valence-electron chi connectivity index (χ1n) is 7.03. The van der Waals surface area contributed by atoms with Gasteiger partial charge in [0.25, 0.3) is 5.91 Å². The molecule has 0 spiro atoms. The maximum atomic E-state index is 13.5. The van der Waals surface area contributed by atoms with Gasteiger partial charge in [0, 0.05) is 0 Å². The molecule has 0 heterocycles. The number of benzene rings is 2. The zero-order chi connectivity index (χ0) is 17.7. The van der Waals surface area contributed by atoms with Crippen LogP contribution in [0.1, 0.15) is 17.3 Å². The molecule has 2 rings (SSSR count). The van der Waals surface area contributed by atoms with Crippen molar-refractivity contribution in [2.75, 3.05) is 12.4 Å². The van der Waals surface area contributed by atoms with E-state index in [1.54, 1.807) is 24.3 Å². The van der Waals surface area contributed by atoms with E-state index in [1.165, 1.54) is 14.0 Å². The molecule has 2 aromatic rings. The van der Waals surface area contributed by atoms with E-state index >= 15 is 0 Å². The maximum Gasteiger partial charge on any atom is 0.344 e. The zero-order valence-corrected chi connectivity index (χ0v) is 13.0. The molecule has 126 valence electrons. The number of anilines is 1. The second kappa shape index (κ2) is 7.54. The van der Waals surface area contributed by atoms with Gasteiger partial charge in [-0.25, -0.2) is 13.6 Å². The first-order valence-corrected chi connectivity index (χ1v) is 7.03. The fraction of sp³-hybridized carbons (Fsp3) is 0.176. The lowest BCUT2D eigenvalue weighted by molar-refractivity contribution is -0.123. The van der Waals surface area contributed by atoms with E-state index in [4.69, 9.17) is 9.47 Å². The number of methoxy groups -OCH3 is 1. The Morgan fingerprint density at radius 3 is 2.29 bits per heavy atom. The van der Waals surface area contributed by atoms with Crippen molar-refractivity contribution in [1.82, 2.24) is 0 Å². The molecule has 0 radical (unpaired) electrons. The summed E-state index contributed by atoms with van der Waals surface area (Å²) in [5.74, 6) is -3.61. The largest absolute Gasteiger partial charge is 0.495 e. The van der Waals surface area contributed by atoms with Crippen LogP contribution in [0, 0.1) is 11.6 Å². The molecule has 1 atom stereocenters. The summed E-state index contributed by atoms with van der Waals surface area (Å²) < 4.78 is 37.0. The van der Waals surface area contributed by atoms with Crippen molar-refractivity contribution in [1.29, 1.82) is 0 Å². The van der Waals surface area contributed by atoms with E-state index in [2.05, 4.69) is 5.32 Å². The van der Waals surface area contributed by atoms with Gasteiger partial charge < -0.3 is 14.8 Å². The van der Waals surface area contributed by atoms with Crippen LogP contribution in [0.25, 0.3) is 0 Å². The van der Waals surface area contributed by atoms with Crippen molar-refractivity contribution < 1.29 is 27.8 Å². The second-order valence-corrected chi connectivity index (χ2v) is 4.83. The van der Waals surface area contributed by atoms with E-state index in [9.17, 15) is 18.4 Å². The third kappa shape index (κ3) is 3.87. The highest BCUT2D eigenvalue weighted by Crippen LogP contribution is 2.23. The molecular formula is C17H15F2NO4. The fourth-order valence-corrected chi connectivity index (χ4v) is 1.95. The summed E-state index contributed by atoms with van der Waals surface area (Å²) in [6, 6.07) is 9.63. The summed E-state index contributed by atoms with van der Waals surface area (Å²) in [6.45, 7) is 1.29. The molecule has 7 heteroatoms. The Morgan fingerprint density at radius 2 is 1.67 bits per heavy atom. The third-order valence-electron chi connectivity index (χ3n) is 3.18. The SMILES string of the molecule is COc1ccccc1NC(=O)[C@H](C)OC(=O)c1c(F)cccc1F. The molecule has 5 nitrogen and oxygen atoms in total. The van der Waals surface area contributed by atoms with Crippen molar-refractivity contribution in [2.45, 2.75) is 13.0 Å². The number of ether oxygens (including phenoxy) is 2. The third-order valence-corrected chi connectivity index (χ3v) is 3.18. The van der Waals surface area contributed by atoms with Crippen LogP contribution in [-0.2, 0) is 9.53 Å². The molecule has 0 fully saturated rings. The number of hydrogen-bond acceptors (Lipinski definition) is 4. The number of esters is 1. The molecule has 2 aromatic carbocycles. The number of hydrogen-bond donors (Lipinski definition) is 1. The highest BCUT2D eigenvalue weighted by atomic mass is 19.1. The van der Waals surface area contributed by atoms with E-state index in [1.807, 2.05) is 0 Å². The van der Waals surface area contributed by atoms with Crippen molar-refractivity contribution in [3.05, 3.63) is 59.7 Å². The average molecular weight is 335 g/mol. The Labute approximate surface area is 137 Å². The Balaban J connectivity index is 2.07. The molecule has 0 saturated heterocycles. The van der Waals surface area contributed by atoms with Gasteiger partial charge >= 0.3 is 5.97 Å². The van der Waals surface area contributed by atoms with Gasteiger partial charge in [0.2, 0.25) is 0 Å². The number of halogens is 2. The maximum absolute atomic E-state index is 13.5. The summed E-state index contributed by atoms with van der Waals surface area (Å²) in [5.41, 5.74) is -0.459. The van der Waals surface area contributed by atoms with Crippen LogP contribution in [0.15, 0.2) is 42.5 Å². The average Bonchev–Trinajstić information content (AvgIpc) is 2.55. The summed E-state index contributed by atoms with van der Waals surface area (Å²) in [7, 11) is 1.44. The van der Waals surface area contributed by atoms with Crippen LogP contribution in [0.3, 0.4) is 0 Å². The van der Waals surface area contributed by atoms with Gasteiger partial charge in [0.1, 0.15) is 22.9 Å². The molecular weight excluding hydrogens is 320 g/mol. The lowest BCUT2D eigenvalue weighted by atomic mass is 10.2. The molecule has 0 bridgehead atoms. The second-order valence-electron chi connectivity index (χ2n) is 4.83. The zero-order valence-electron chi connectivity index (χ0n) is 13.0. The summed E-state index contributed by atoms with van der Waals surface area (Å²) >= 11 is 0. The number of nitrogens with one attached hydrogen (secondary N) is 1. The number of rotatable bonds is 5. The number of carbonyl (C=O) groups is 2. The molecule has 0 saturated carbocycles. The van der Waals surface area contributed by atoms with E-state index in [0.29, 0.717) is 11.4 Å². The quantitative estimate of drug-likeness (QED) is 0.853. The summed E-state index contributed by atoms with van der Waals surface area (Å²) in [5, 5.41) is 2.52. The Hall–Kier alpha value is -2.96. The van der Waals surface area contributed by atoms with E-state index in [0.717, 1.165) is 18.2 Å². The van der Waals surface area contributed by atoms with Gasteiger partial charge in [-0.15, -0.1) is 0 Å². The molecule has 0 aromatic heterocycles. The normalized spacial score (nSPS) is 11.5. The minimum absolute atomic E-state index is 0.380. The van der Waals surface area contributed by atoms with Gasteiger partial charge in [0.05, 0.1) is 12.8 Å². The smallest absolute Gasteiger partial charge is 0.344 e. The molecule has 1 N–H and O–H groups in total. The highest BCUT2D eigenvalue weighted by Gasteiger charge is 2.24. The topological polar surface area (TPSA) is 64.6 Å². The van der Waals surface area contributed by atoms with Gasteiger partial charge in [-0.2, -0.15) is 0 Å². The first-order chi connectivity index (χ1) is 11.4. The van der Waals surface area contributed by atoms with Crippen LogP contribution in [0.4, 0.5) is 14.5 Å². The van der Waals surface area contributed by atoms with E-state index < -0.39 is 35.2 Å². The predicted molar refractivity (Wildman–Crippen MR) is 82.9 cm³/mol. The number of amides is 1. The van der Waals surface area contributed by atoms with Crippen LogP contribution >= 0.6 is 0 Å². The lowest BCUT2D eigenvalue weighted by Crippen LogP contribution is -2.30. The van der Waals surface area contributed by atoms with E-state index in [-0.39, 0.29) is 0 Å². The van der Waals surface area contributed by atoms with Crippen LogP contribution in [-0.4, -0.2) is 25.1 Å². The minimum Gasteiger partial charge on any atom is -0.495 e. The Kier molecular flexibility index (Phi) is 5.47. The molecule has 0 aliphatic carbocycles. The molecule has 0 aliphatic heterocycles. The standard InChI is InChI=1S/C17H15F2NO4/c1-10(16(21)20-13-8-3-4-9-14(13)23-2)24-17(22)15-11(18)6-5-7-12(15)19/h3-10H,1-2H3,(H,20,21)/t10-/m0/s1. The highest BCUT2D eigenvalue weighted by molar-refractivity contribution is 5.98. The van der Waals surface area contributed by atoms with Gasteiger partial charge in [0.15, 0.2) is 6.10 Å². The summed E-state index contributed by atoms with van der Waals surface area (Å²) in [4.78, 5) is 24.0. The summed E-state index contributed by atoms with van der Waals surface area (Å²) in [6.07, 6.45) is -1.26. The van der Waals surface area contributed by atoms with Crippen molar-refractivity contribution in [3.63, 3.8) is 0 Å². The van der Waals surface area contributed by atoms with Crippen LogP contribution in [0.2, 0.25) is 0 Å². The molecule has 0 aliphatic rings. The van der Waals surface area contributed by atoms with Crippen LogP contribution in [0.5, 0.6) is 5.75 Å².